The number of rotatable bonds is 5. The summed E-state index contributed by atoms with van der Waals surface area (Å²) in [5.41, 5.74) is 0.785. The maximum atomic E-state index is 10.7. The molecule has 88 valence electrons. The first kappa shape index (κ1) is 11.3. The molecule has 0 aliphatic rings. The van der Waals surface area contributed by atoms with Gasteiger partial charge in [-0.2, -0.15) is 0 Å². The summed E-state index contributed by atoms with van der Waals surface area (Å²) in [6.07, 6.45) is 3.03. The van der Waals surface area contributed by atoms with Gasteiger partial charge in [0, 0.05) is 6.20 Å². The molecule has 2 aromatic heterocycles. The number of hydrogen-bond donors (Lipinski definition) is 1. The van der Waals surface area contributed by atoms with E-state index in [-0.39, 0.29) is 5.69 Å². The highest BCUT2D eigenvalue weighted by Gasteiger charge is 2.05. The van der Waals surface area contributed by atoms with Crippen molar-refractivity contribution in [2.75, 3.05) is 0 Å². The number of carbonyl (C=O) groups is 1. The van der Waals surface area contributed by atoms with Gasteiger partial charge in [0.2, 0.25) is 0 Å². The van der Waals surface area contributed by atoms with Crippen molar-refractivity contribution in [1.82, 2.24) is 4.98 Å². The number of furan rings is 1. The van der Waals surface area contributed by atoms with Crippen LogP contribution in [0.1, 0.15) is 21.8 Å². The Labute approximate surface area is 97.7 Å². The summed E-state index contributed by atoms with van der Waals surface area (Å²) in [5.74, 6) is -0.310. The van der Waals surface area contributed by atoms with Crippen LogP contribution in [-0.2, 0) is 18.0 Å². The van der Waals surface area contributed by atoms with E-state index in [0.29, 0.717) is 13.2 Å². The SMILES string of the molecule is O=C(O)c1cc(COCc2ccco2)ccn1. The van der Waals surface area contributed by atoms with Crippen molar-refractivity contribution < 1.29 is 19.1 Å². The first-order chi connectivity index (χ1) is 8.25. The molecule has 0 bridgehead atoms. The molecule has 0 aliphatic heterocycles. The lowest BCUT2D eigenvalue weighted by molar-refractivity contribution is 0.0689. The highest BCUT2D eigenvalue weighted by atomic mass is 16.5. The van der Waals surface area contributed by atoms with Crippen molar-refractivity contribution in [1.29, 1.82) is 0 Å². The maximum absolute atomic E-state index is 10.7. The van der Waals surface area contributed by atoms with Crippen LogP contribution in [0.2, 0.25) is 0 Å². The Hall–Kier alpha value is -2.14. The summed E-state index contributed by atoms with van der Waals surface area (Å²) in [7, 11) is 0. The molecule has 2 rings (SSSR count). The average molecular weight is 233 g/mol. The highest BCUT2D eigenvalue weighted by molar-refractivity contribution is 5.85. The number of aromatic nitrogens is 1. The molecule has 1 N–H and O–H groups in total. The predicted molar refractivity (Wildman–Crippen MR) is 58.4 cm³/mol. The fourth-order valence-corrected chi connectivity index (χ4v) is 1.35. The number of carboxylic acid groups (broad SMARTS) is 1. The van der Waals surface area contributed by atoms with Gasteiger partial charge in [0.25, 0.3) is 0 Å². The number of ether oxygens (including phenoxy) is 1. The van der Waals surface area contributed by atoms with Crippen LogP contribution in [0.15, 0.2) is 41.1 Å². The molecule has 0 aromatic carbocycles. The number of hydrogen-bond acceptors (Lipinski definition) is 4. The van der Waals surface area contributed by atoms with Gasteiger partial charge in [-0.15, -0.1) is 0 Å². The fourth-order valence-electron chi connectivity index (χ4n) is 1.35. The summed E-state index contributed by atoms with van der Waals surface area (Å²) in [4.78, 5) is 14.4. The third kappa shape index (κ3) is 3.15. The van der Waals surface area contributed by atoms with Crippen LogP contribution in [0, 0.1) is 0 Å². The summed E-state index contributed by atoms with van der Waals surface area (Å²) in [5, 5.41) is 8.77. The van der Waals surface area contributed by atoms with E-state index in [4.69, 9.17) is 14.3 Å². The standard InChI is InChI=1S/C12H11NO4/c14-12(15)11-6-9(3-4-13-11)7-16-8-10-2-1-5-17-10/h1-6H,7-8H2,(H,14,15). The average Bonchev–Trinajstić information content (AvgIpc) is 2.82. The zero-order valence-corrected chi connectivity index (χ0v) is 9.00. The molecule has 0 aliphatic carbocycles. The van der Waals surface area contributed by atoms with Crippen molar-refractivity contribution >= 4 is 5.97 Å². The van der Waals surface area contributed by atoms with Crippen molar-refractivity contribution in [3.8, 4) is 0 Å². The van der Waals surface area contributed by atoms with Gasteiger partial charge >= 0.3 is 5.97 Å². The lowest BCUT2D eigenvalue weighted by Gasteiger charge is -2.03. The van der Waals surface area contributed by atoms with E-state index in [9.17, 15) is 4.79 Å². The molecule has 0 fully saturated rings. The summed E-state index contributed by atoms with van der Waals surface area (Å²) in [6, 6.07) is 6.81. The largest absolute Gasteiger partial charge is 0.477 e. The van der Waals surface area contributed by atoms with Gasteiger partial charge in [-0.25, -0.2) is 9.78 Å². The van der Waals surface area contributed by atoms with Crippen molar-refractivity contribution in [2.24, 2.45) is 0 Å². The van der Waals surface area contributed by atoms with Crippen LogP contribution < -0.4 is 0 Å². The topological polar surface area (TPSA) is 72.6 Å². The molecule has 0 amide bonds. The van der Waals surface area contributed by atoms with Crippen molar-refractivity contribution in [3.05, 3.63) is 53.7 Å². The zero-order valence-electron chi connectivity index (χ0n) is 9.00. The zero-order chi connectivity index (χ0) is 12.1. The minimum Gasteiger partial charge on any atom is -0.477 e. The van der Waals surface area contributed by atoms with Crippen LogP contribution in [0.5, 0.6) is 0 Å². The third-order valence-corrected chi connectivity index (χ3v) is 2.14. The van der Waals surface area contributed by atoms with Gasteiger partial charge in [0.1, 0.15) is 18.1 Å². The molecule has 0 atom stereocenters. The van der Waals surface area contributed by atoms with E-state index in [1.807, 2.05) is 6.07 Å². The number of carboxylic acids is 1. The second kappa shape index (κ2) is 5.27. The van der Waals surface area contributed by atoms with Gasteiger partial charge in [0.15, 0.2) is 0 Å². The molecule has 0 unspecified atom stereocenters. The number of pyridine rings is 1. The first-order valence-electron chi connectivity index (χ1n) is 5.04. The van der Waals surface area contributed by atoms with E-state index in [2.05, 4.69) is 4.98 Å². The van der Waals surface area contributed by atoms with E-state index in [0.717, 1.165) is 11.3 Å². The van der Waals surface area contributed by atoms with Gasteiger partial charge in [-0.3, -0.25) is 0 Å². The molecular weight excluding hydrogens is 222 g/mol. The van der Waals surface area contributed by atoms with Crippen LogP contribution in [0.3, 0.4) is 0 Å². The van der Waals surface area contributed by atoms with E-state index < -0.39 is 5.97 Å². The Balaban J connectivity index is 1.90. The summed E-state index contributed by atoms with van der Waals surface area (Å²) in [6.45, 7) is 0.682. The molecular formula is C12H11NO4. The molecule has 0 spiro atoms. The fraction of sp³-hybridized carbons (Fsp3) is 0.167. The van der Waals surface area contributed by atoms with E-state index in [1.54, 1.807) is 18.4 Å². The Morgan fingerprint density at radius 2 is 2.29 bits per heavy atom. The number of aromatic carboxylic acids is 1. The van der Waals surface area contributed by atoms with Gasteiger partial charge in [-0.05, 0) is 29.8 Å². The third-order valence-electron chi connectivity index (χ3n) is 2.14. The summed E-state index contributed by atoms with van der Waals surface area (Å²) >= 11 is 0. The van der Waals surface area contributed by atoms with Crippen molar-refractivity contribution in [3.63, 3.8) is 0 Å². The van der Waals surface area contributed by atoms with Crippen LogP contribution in [-0.4, -0.2) is 16.1 Å². The quantitative estimate of drug-likeness (QED) is 0.856. The molecule has 0 saturated heterocycles. The van der Waals surface area contributed by atoms with Crippen LogP contribution >= 0.6 is 0 Å². The monoisotopic (exact) mass is 233 g/mol. The van der Waals surface area contributed by atoms with E-state index >= 15 is 0 Å². The second-order valence-electron chi connectivity index (χ2n) is 3.43. The molecule has 17 heavy (non-hydrogen) atoms. The Kier molecular flexibility index (Phi) is 3.52. The van der Waals surface area contributed by atoms with Crippen LogP contribution in [0.25, 0.3) is 0 Å². The molecule has 5 heteroatoms. The molecule has 0 radical (unpaired) electrons. The predicted octanol–water partition coefficient (Wildman–Crippen LogP) is 2.09. The Morgan fingerprint density at radius 3 is 3.00 bits per heavy atom. The molecule has 2 aromatic rings. The van der Waals surface area contributed by atoms with E-state index in [1.165, 1.54) is 12.3 Å². The van der Waals surface area contributed by atoms with Gasteiger partial charge in [-0.1, -0.05) is 0 Å². The minimum absolute atomic E-state index is 0.0177. The summed E-state index contributed by atoms with van der Waals surface area (Å²) < 4.78 is 10.5. The Morgan fingerprint density at radius 1 is 1.41 bits per heavy atom. The van der Waals surface area contributed by atoms with Crippen molar-refractivity contribution in [2.45, 2.75) is 13.2 Å². The second-order valence-corrected chi connectivity index (χ2v) is 3.43. The molecule has 2 heterocycles. The first-order valence-corrected chi connectivity index (χ1v) is 5.04. The van der Waals surface area contributed by atoms with Gasteiger partial charge < -0.3 is 14.3 Å². The lowest BCUT2D eigenvalue weighted by Crippen LogP contribution is -2.01. The van der Waals surface area contributed by atoms with Crippen LogP contribution in [0.4, 0.5) is 0 Å². The number of nitrogens with zero attached hydrogens (tertiary/aromatic N) is 1. The lowest BCUT2D eigenvalue weighted by atomic mass is 10.2. The highest BCUT2D eigenvalue weighted by Crippen LogP contribution is 2.07. The maximum Gasteiger partial charge on any atom is 0.354 e. The molecule has 5 nitrogen and oxygen atoms in total. The Bertz CT molecular complexity index is 493. The smallest absolute Gasteiger partial charge is 0.354 e. The normalized spacial score (nSPS) is 10.4. The van der Waals surface area contributed by atoms with Gasteiger partial charge in [0.05, 0.1) is 12.9 Å². The minimum atomic E-state index is -1.04. The molecule has 0 saturated carbocycles.